The lowest BCUT2D eigenvalue weighted by molar-refractivity contribution is 0.412. The molecule has 0 saturated carbocycles. The normalized spacial score (nSPS) is 10.9. The first kappa shape index (κ1) is 19.4. The van der Waals surface area contributed by atoms with E-state index in [9.17, 15) is 0 Å². The molecule has 29 heavy (non-hydrogen) atoms. The average Bonchev–Trinajstić information content (AvgIpc) is 3.16. The van der Waals surface area contributed by atoms with Crippen LogP contribution in [0.2, 0.25) is 10.0 Å². The molecule has 4 rings (SSSR count). The van der Waals surface area contributed by atoms with Gasteiger partial charge in [-0.05, 0) is 48.9 Å². The minimum absolute atomic E-state index is 0.561. The lowest BCUT2D eigenvalue weighted by atomic mass is 10.1. The van der Waals surface area contributed by atoms with Gasteiger partial charge in [0, 0.05) is 29.4 Å². The Balaban J connectivity index is 1.64. The highest BCUT2D eigenvalue weighted by atomic mass is 35.5. The van der Waals surface area contributed by atoms with E-state index in [4.69, 9.17) is 27.9 Å². The first-order valence-corrected chi connectivity index (χ1v) is 9.74. The molecule has 0 N–H and O–H groups in total. The molecule has 146 valence electrons. The fourth-order valence-electron chi connectivity index (χ4n) is 3.11. The molecule has 2 aromatic carbocycles. The van der Waals surface area contributed by atoms with E-state index in [0.29, 0.717) is 22.3 Å². The Morgan fingerprint density at radius 2 is 1.90 bits per heavy atom. The monoisotopic (exact) mass is 424 g/mol. The molecule has 0 spiro atoms. The number of ether oxygens (including phenoxy) is 1. The maximum Gasteiger partial charge on any atom is 0.143 e. The summed E-state index contributed by atoms with van der Waals surface area (Å²) in [5.74, 6) is 1.45. The smallest absolute Gasteiger partial charge is 0.143 e. The van der Waals surface area contributed by atoms with Crippen molar-refractivity contribution in [2.75, 3.05) is 7.11 Å². The lowest BCUT2D eigenvalue weighted by Gasteiger charge is -2.11. The molecule has 0 saturated heterocycles. The van der Waals surface area contributed by atoms with Crippen molar-refractivity contribution in [1.29, 1.82) is 0 Å². The van der Waals surface area contributed by atoms with Crippen LogP contribution in [0.1, 0.15) is 17.1 Å². The van der Waals surface area contributed by atoms with E-state index in [1.807, 2.05) is 42.0 Å². The predicted molar refractivity (Wildman–Crippen MR) is 115 cm³/mol. The second kappa shape index (κ2) is 8.23. The van der Waals surface area contributed by atoms with Crippen LogP contribution in [-0.4, -0.2) is 26.6 Å². The Bertz CT molecular complexity index is 1170. The molecule has 5 nitrogen and oxygen atoms in total. The number of aryl methyl sites for hydroxylation is 1. The van der Waals surface area contributed by atoms with E-state index >= 15 is 0 Å². The van der Waals surface area contributed by atoms with Gasteiger partial charge in [0.2, 0.25) is 0 Å². The van der Waals surface area contributed by atoms with Crippen molar-refractivity contribution < 1.29 is 4.74 Å². The minimum Gasteiger partial charge on any atom is -0.495 e. The fourth-order valence-corrected chi connectivity index (χ4v) is 3.50. The van der Waals surface area contributed by atoms with Crippen molar-refractivity contribution in [3.63, 3.8) is 0 Å². The van der Waals surface area contributed by atoms with Crippen molar-refractivity contribution in [1.82, 2.24) is 19.5 Å². The van der Waals surface area contributed by atoms with Crippen molar-refractivity contribution in [2.24, 2.45) is 0 Å². The van der Waals surface area contributed by atoms with Crippen LogP contribution in [0.3, 0.4) is 0 Å². The van der Waals surface area contributed by atoms with Gasteiger partial charge in [0.25, 0.3) is 0 Å². The SMILES string of the molecule is COc1cc(Cc2nccc(-c3cc(Cl)ccc3Cl)n2)ccc1-n1cnc(C)c1. The van der Waals surface area contributed by atoms with Crippen molar-refractivity contribution in [2.45, 2.75) is 13.3 Å². The van der Waals surface area contributed by atoms with Crippen LogP contribution in [0.4, 0.5) is 0 Å². The molecule has 0 aliphatic heterocycles. The van der Waals surface area contributed by atoms with Crippen molar-refractivity contribution in [3.8, 4) is 22.7 Å². The van der Waals surface area contributed by atoms with Crippen LogP contribution in [-0.2, 0) is 6.42 Å². The number of imidazole rings is 1. The van der Waals surface area contributed by atoms with Crippen LogP contribution >= 0.6 is 23.2 Å². The maximum absolute atomic E-state index is 6.32. The topological polar surface area (TPSA) is 52.8 Å². The van der Waals surface area contributed by atoms with Crippen LogP contribution in [0.15, 0.2) is 61.2 Å². The first-order valence-electron chi connectivity index (χ1n) is 8.99. The van der Waals surface area contributed by atoms with E-state index in [0.717, 1.165) is 34.0 Å². The van der Waals surface area contributed by atoms with Gasteiger partial charge < -0.3 is 9.30 Å². The number of nitrogens with zero attached hydrogens (tertiary/aromatic N) is 4. The van der Waals surface area contributed by atoms with Gasteiger partial charge in [-0.2, -0.15) is 0 Å². The van der Waals surface area contributed by atoms with E-state index < -0.39 is 0 Å². The number of halogens is 2. The molecule has 4 aromatic rings. The predicted octanol–water partition coefficient (Wildman–Crippen LogP) is 5.54. The van der Waals surface area contributed by atoms with Gasteiger partial charge in [-0.3, -0.25) is 0 Å². The van der Waals surface area contributed by atoms with E-state index in [-0.39, 0.29) is 0 Å². The minimum atomic E-state index is 0.561. The third-order valence-electron chi connectivity index (χ3n) is 4.51. The Hall–Kier alpha value is -2.89. The standard InChI is InChI=1S/C22H18Cl2N4O/c1-14-12-28(13-26-14)20-6-3-15(9-21(20)29-2)10-22-25-8-7-19(27-22)17-11-16(23)4-5-18(17)24/h3-9,11-13H,10H2,1-2H3. The summed E-state index contributed by atoms with van der Waals surface area (Å²) in [5.41, 5.74) is 4.43. The quantitative estimate of drug-likeness (QED) is 0.421. The highest BCUT2D eigenvalue weighted by molar-refractivity contribution is 6.35. The molecule has 2 aromatic heterocycles. The number of benzene rings is 2. The summed E-state index contributed by atoms with van der Waals surface area (Å²) in [6, 6.07) is 13.2. The third kappa shape index (κ3) is 4.26. The summed E-state index contributed by atoms with van der Waals surface area (Å²) in [5, 5.41) is 1.21. The van der Waals surface area contributed by atoms with Gasteiger partial charge in [0.15, 0.2) is 0 Å². The Morgan fingerprint density at radius 3 is 2.66 bits per heavy atom. The van der Waals surface area contributed by atoms with E-state index in [2.05, 4.69) is 15.0 Å². The van der Waals surface area contributed by atoms with Gasteiger partial charge in [-0.1, -0.05) is 29.3 Å². The van der Waals surface area contributed by atoms with Gasteiger partial charge in [0.05, 0.1) is 35.5 Å². The summed E-state index contributed by atoms with van der Waals surface area (Å²) in [6.07, 6.45) is 6.02. The summed E-state index contributed by atoms with van der Waals surface area (Å²) in [7, 11) is 1.66. The highest BCUT2D eigenvalue weighted by Gasteiger charge is 2.11. The number of rotatable bonds is 5. The molecule has 0 radical (unpaired) electrons. The highest BCUT2D eigenvalue weighted by Crippen LogP contribution is 2.30. The van der Waals surface area contributed by atoms with Crippen molar-refractivity contribution >= 4 is 23.2 Å². The molecule has 2 heterocycles. The van der Waals surface area contributed by atoms with Crippen LogP contribution < -0.4 is 4.74 Å². The third-order valence-corrected chi connectivity index (χ3v) is 5.07. The second-order valence-corrected chi connectivity index (χ2v) is 7.43. The number of hydrogen-bond donors (Lipinski definition) is 0. The van der Waals surface area contributed by atoms with Crippen molar-refractivity contribution in [3.05, 3.63) is 88.3 Å². The number of aromatic nitrogens is 4. The zero-order valence-corrected chi connectivity index (χ0v) is 17.4. The molecular formula is C22H18Cl2N4O. The molecule has 0 amide bonds. The fraction of sp³-hybridized carbons (Fsp3) is 0.136. The molecule has 0 bridgehead atoms. The summed E-state index contributed by atoms with van der Waals surface area (Å²) >= 11 is 12.4. The lowest BCUT2D eigenvalue weighted by Crippen LogP contribution is -2.00. The van der Waals surface area contributed by atoms with Gasteiger partial charge in [0.1, 0.15) is 11.6 Å². The average molecular weight is 425 g/mol. The Kier molecular flexibility index (Phi) is 5.51. The van der Waals surface area contributed by atoms with Gasteiger partial charge >= 0.3 is 0 Å². The Morgan fingerprint density at radius 1 is 1.03 bits per heavy atom. The summed E-state index contributed by atoms with van der Waals surface area (Å²) in [4.78, 5) is 13.4. The first-order chi connectivity index (χ1) is 14.0. The van der Waals surface area contributed by atoms with E-state index in [1.165, 1.54) is 0 Å². The van der Waals surface area contributed by atoms with Gasteiger partial charge in [-0.15, -0.1) is 0 Å². The number of hydrogen-bond acceptors (Lipinski definition) is 4. The zero-order chi connectivity index (χ0) is 20.4. The second-order valence-electron chi connectivity index (χ2n) is 6.59. The van der Waals surface area contributed by atoms with Crippen LogP contribution in [0.25, 0.3) is 16.9 Å². The van der Waals surface area contributed by atoms with Crippen LogP contribution in [0, 0.1) is 6.92 Å². The largest absolute Gasteiger partial charge is 0.495 e. The molecule has 0 aliphatic rings. The zero-order valence-electron chi connectivity index (χ0n) is 15.9. The number of methoxy groups -OCH3 is 1. The maximum atomic E-state index is 6.32. The molecule has 0 fully saturated rings. The van der Waals surface area contributed by atoms with Crippen LogP contribution in [0.5, 0.6) is 5.75 Å². The molecular weight excluding hydrogens is 407 g/mol. The Labute approximate surface area is 178 Å². The molecule has 0 aliphatic carbocycles. The molecule has 0 atom stereocenters. The molecule has 0 unspecified atom stereocenters. The van der Waals surface area contributed by atoms with Gasteiger partial charge in [-0.25, -0.2) is 15.0 Å². The summed E-state index contributed by atoms with van der Waals surface area (Å²) in [6.45, 7) is 1.95. The molecule has 7 heteroatoms. The summed E-state index contributed by atoms with van der Waals surface area (Å²) < 4.78 is 7.53. The van der Waals surface area contributed by atoms with E-state index in [1.54, 1.807) is 37.8 Å².